The van der Waals surface area contributed by atoms with Crippen LogP contribution in [-0.2, 0) is 11.3 Å². The molecule has 84 valence electrons. The molecule has 1 N–H and O–H groups in total. The summed E-state index contributed by atoms with van der Waals surface area (Å²) < 4.78 is 6.71. The molecule has 4 heteroatoms. The highest BCUT2D eigenvalue weighted by Crippen LogP contribution is 2.24. The third kappa shape index (κ3) is 3.28. The van der Waals surface area contributed by atoms with Gasteiger partial charge in [0, 0.05) is 23.6 Å². The number of hydrogen-bond acceptors (Lipinski definition) is 3. The number of halogens is 1. The van der Waals surface area contributed by atoms with E-state index in [4.69, 9.17) is 4.74 Å². The van der Waals surface area contributed by atoms with E-state index in [2.05, 4.69) is 40.3 Å². The number of ether oxygens (including phenoxy) is 1. The van der Waals surface area contributed by atoms with Gasteiger partial charge in [-0.25, -0.2) is 0 Å². The van der Waals surface area contributed by atoms with Crippen LogP contribution in [0.4, 0.5) is 0 Å². The lowest BCUT2D eigenvalue weighted by molar-refractivity contribution is 0.0279. The van der Waals surface area contributed by atoms with Gasteiger partial charge in [-0.15, -0.1) is 11.3 Å². The molecule has 0 aliphatic carbocycles. The van der Waals surface area contributed by atoms with Gasteiger partial charge in [0.1, 0.15) is 0 Å². The summed E-state index contributed by atoms with van der Waals surface area (Å²) in [7, 11) is 0. The zero-order valence-corrected chi connectivity index (χ0v) is 11.3. The maximum Gasteiger partial charge on any atom is 0.0701 e. The van der Waals surface area contributed by atoms with Crippen molar-refractivity contribution in [2.24, 2.45) is 0 Å². The molecule has 2 heterocycles. The molecule has 0 spiro atoms. The van der Waals surface area contributed by atoms with Crippen LogP contribution >= 0.6 is 27.3 Å². The van der Waals surface area contributed by atoms with E-state index in [1.165, 1.54) is 15.1 Å². The minimum absolute atomic E-state index is 0.161. The molecule has 1 unspecified atom stereocenters. The minimum atomic E-state index is 0.161. The summed E-state index contributed by atoms with van der Waals surface area (Å²) in [5, 5.41) is 3.59. The Hall–Kier alpha value is 0.1000. The van der Waals surface area contributed by atoms with Crippen LogP contribution in [0.25, 0.3) is 0 Å². The summed E-state index contributed by atoms with van der Waals surface area (Å²) >= 11 is 5.27. The number of rotatable bonds is 3. The van der Waals surface area contributed by atoms with Gasteiger partial charge in [-0.1, -0.05) is 0 Å². The maximum atomic E-state index is 5.51. The molecule has 1 fully saturated rings. The van der Waals surface area contributed by atoms with Crippen molar-refractivity contribution in [2.75, 3.05) is 13.2 Å². The Kier molecular flexibility index (Phi) is 3.83. The van der Waals surface area contributed by atoms with Gasteiger partial charge in [0.2, 0.25) is 0 Å². The molecule has 0 aromatic carbocycles. The Morgan fingerprint density at radius 3 is 3.07 bits per heavy atom. The van der Waals surface area contributed by atoms with Gasteiger partial charge in [0.15, 0.2) is 0 Å². The fraction of sp³-hybridized carbons (Fsp3) is 0.636. The second kappa shape index (κ2) is 4.95. The number of thiophene rings is 1. The Morgan fingerprint density at radius 2 is 2.47 bits per heavy atom. The van der Waals surface area contributed by atoms with Crippen molar-refractivity contribution in [3.05, 3.63) is 20.8 Å². The lowest BCUT2D eigenvalue weighted by Gasteiger charge is -2.34. The SMILES string of the molecule is CC1(NCc2ccc(Br)s2)CCCOC1. The van der Waals surface area contributed by atoms with Crippen LogP contribution in [0.1, 0.15) is 24.6 Å². The highest BCUT2D eigenvalue weighted by atomic mass is 79.9. The van der Waals surface area contributed by atoms with E-state index < -0.39 is 0 Å². The highest BCUT2D eigenvalue weighted by molar-refractivity contribution is 9.11. The first-order chi connectivity index (χ1) is 7.18. The Balaban J connectivity index is 1.86. The van der Waals surface area contributed by atoms with E-state index in [0.29, 0.717) is 0 Å². The first-order valence-corrected chi connectivity index (χ1v) is 6.86. The Bertz CT molecular complexity index is 320. The molecule has 1 atom stereocenters. The van der Waals surface area contributed by atoms with Crippen LogP contribution in [0.15, 0.2) is 15.9 Å². The molecule has 0 bridgehead atoms. The lowest BCUT2D eigenvalue weighted by atomic mass is 9.95. The third-order valence-electron chi connectivity index (χ3n) is 2.76. The number of nitrogens with one attached hydrogen (secondary N) is 1. The fourth-order valence-corrected chi connectivity index (χ4v) is 3.24. The van der Waals surface area contributed by atoms with Crippen LogP contribution in [0.2, 0.25) is 0 Å². The number of hydrogen-bond donors (Lipinski definition) is 1. The molecule has 1 aliphatic heterocycles. The standard InChI is InChI=1S/C11H16BrNOS/c1-11(5-2-6-14-8-11)13-7-9-3-4-10(12)15-9/h3-4,13H,2,5-8H2,1H3. The van der Waals surface area contributed by atoms with Gasteiger partial charge in [-0.05, 0) is 47.8 Å². The lowest BCUT2D eigenvalue weighted by Crippen LogP contribution is -2.48. The zero-order valence-electron chi connectivity index (χ0n) is 8.88. The van der Waals surface area contributed by atoms with Gasteiger partial charge in [-0.2, -0.15) is 0 Å². The van der Waals surface area contributed by atoms with Crippen molar-refractivity contribution in [1.82, 2.24) is 5.32 Å². The van der Waals surface area contributed by atoms with E-state index in [0.717, 1.165) is 26.2 Å². The second-order valence-corrected chi connectivity index (χ2v) is 6.82. The molecule has 1 aromatic rings. The average Bonchev–Trinajstić information content (AvgIpc) is 2.63. The summed E-state index contributed by atoms with van der Waals surface area (Å²) in [6.45, 7) is 4.94. The predicted molar refractivity (Wildman–Crippen MR) is 67.3 cm³/mol. The Morgan fingerprint density at radius 1 is 1.60 bits per heavy atom. The predicted octanol–water partition coefficient (Wildman–Crippen LogP) is 3.17. The summed E-state index contributed by atoms with van der Waals surface area (Å²) in [5.74, 6) is 0. The maximum absolute atomic E-state index is 5.51. The molecule has 15 heavy (non-hydrogen) atoms. The minimum Gasteiger partial charge on any atom is -0.380 e. The average molecular weight is 290 g/mol. The molecule has 0 saturated carbocycles. The summed E-state index contributed by atoms with van der Waals surface area (Å²) in [6, 6.07) is 4.26. The van der Waals surface area contributed by atoms with Gasteiger partial charge in [0.25, 0.3) is 0 Å². The van der Waals surface area contributed by atoms with E-state index in [1.54, 1.807) is 11.3 Å². The normalized spacial score (nSPS) is 26.8. The van der Waals surface area contributed by atoms with E-state index in [9.17, 15) is 0 Å². The van der Waals surface area contributed by atoms with Crippen LogP contribution in [0.5, 0.6) is 0 Å². The molecular weight excluding hydrogens is 274 g/mol. The molecule has 1 aliphatic rings. The third-order valence-corrected chi connectivity index (χ3v) is 4.38. The van der Waals surface area contributed by atoms with Crippen molar-refractivity contribution < 1.29 is 4.74 Å². The van der Waals surface area contributed by atoms with Crippen molar-refractivity contribution in [3.63, 3.8) is 0 Å². The Labute approximate surface area is 103 Å². The van der Waals surface area contributed by atoms with Crippen molar-refractivity contribution in [2.45, 2.75) is 31.8 Å². The zero-order chi connectivity index (χ0) is 10.7. The first-order valence-electron chi connectivity index (χ1n) is 5.25. The summed E-state index contributed by atoms with van der Waals surface area (Å²) in [5.41, 5.74) is 0.161. The van der Waals surface area contributed by atoms with Crippen LogP contribution in [0.3, 0.4) is 0 Å². The van der Waals surface area contributed by atoms with Crippen molar-refractivity contribution in [3.8, 4) is 0 Å². The molecule has 1 saturated heterocycles. The smallest absolute Gasteiger partial charge is 0.0701 e. The van der Waals surface area contributed by atoms with E-state index in [-0.39, 0.29) is 5.54 Å². The van der Waals surface area contributed by atoms with Gasteiger partial charge in [0.05, 0.1) is 10.4 Å². The first kappa shape index (κ1) is 11.6. The molecule has 0 radical (unpaired) electrons. The van der Waals surface area contributed by atoms with Gasteiger partial charge in [-0.3, -0.25) is 0 Å². The monoisotopic (exact) mass is 289 g/mol. The van der Waals surface area contributed by atoms with Gasteiger partial charge >= 0.3 is 0 Å². The topological polar surface area (TPSA) is 21.3 Å². The molecule has 1 aromatic heterocycles. The second-order valence-electron chi connectivity index (χ2n) is 4.28. The quantitative estimate of drug-likeness (QED) is 0.923. The largest absolute Gasteiger partial charge is 0.380 e. The van der Waals surface area contributed by atoms with Crippen molar-refractivity contribution in [1.29, 1.82) is 0 Å². The molecule has 0 amide bonds. The highest BCUT2D eigenvalue weighted by Gasteiger charge is 2.26. The van der Waals surface area contributed by atoms with E-state index >= 15 is 0 Å². The fourth-order valence-electron chi connectivity index (χ4n) is 1.82. The van der Waals surface area contributed by atoms with Crippen LogP contribution in [0, 0.1) is 0 Å². The van der Waals surface area contributed by atoms with Crippen LogP contribution < -0.4 is 5.32 Å². The summed E-state index contributed by atoms with van der Waals surface area (Å²) in [6.07, 6.45) is 2.37. The molecular formula is C11H16BrNOS. The van der Waals surface area contributed by atoms with Crippen LogP contribution in [-0.4, -0.2) is 18.8 Å². The van der Waals surface area contributed by atoms with E-state index in [1.807, 2.05) is 0 Å². The van der Waals surface area contributed by atoms with Crippen molar-refractivity contribution >= 4 is 27.3 Å². The molecule has 2 nitrogen and oxygen atoms in total. The van der Waals surface area contributed by atoms with Gasteiger partial charge < -0.3 is 10.1 Å². The summed E-state index contributed by atoms with van der Waals surface area (Å²) in [4.78, 5) is 1.37. The molecule has 2 rings (SSSR count).